The van der Waals surface area contributed by atoms with E-state index >= 15 is 0 Å². The van der Waals surface area contributed by atoms with Gasteiger partial charge in [-0.15, -0.1) is 23.1 Å². The van der Waals surface area contributed by atoms with Crippen LogP contribution in [0.15, 0.2) is 46.7 Å². The first-order valence-electron chi connectivity index (χ1n) is 7.84. The fraction of sp³-hybridized carbons (Fsp3) is 0.333. The number of benzene rings is 1. The van der Waals surface area contributed by atoms with Crippen molar-refractivity contribution in [2.24, 2.45) is 0 Å². The summed E-state index contributed by atoms with van der Waals surface area (Å²) in [6, 6.07) is 12.0. The molecule has 0 aliphatic heterocycles. The molecule has 2 amide bonds. The molecule has 1 aromatic heterocycles. The number of thioether (sulfide) groups is 1. The molecule has 0 fully saturated rings. The van der Waals surface area contributed by atoms with Gasteiger partial charge in [0.25, 0.3) is 0 Å². The minimum atomic E-state index is -0.126. The molecule has 0 spiro atoms. The van der Waals surface area contributed by atoms with Gasteiger partial charge in [-0.05, 0) is 37.4 Å². The van der Waals surface area contributed by atoms with E-state index in [9.17, 15) is 9.59 Å². The van der Waals surface area contributed by atoms with E-state index in [0.29, 0.717) is 18.8 Å². The SMILES string of the molecule is CCN(CC(=O)NCc1cccs1)C(=O)CSc1cccc(C)c1. The van der Waals surface area contributed by atoms with Crippen molar-refractivity contribution in [1.29, 1.82) is 0 Å². The molecule has 128 valence electrons. The molecule has 1 heterocycles. The number of likely N-dealkylation sites (N-methyl/N-ethyl adjacent to an activating group) is 1. The van der Waals surface area contributed by atoms with Crippen molar-refractivity contribution in [3.8, 4) is 0 Å². The second kappa shape index (κ2) is 9.49. The number of nitrogens with zero attached hydrogens (tertiary/aromatic N) is 1. The topological polar surface area (TPSA) is 49.4 Å². The van der Waals surface area contributed by atoms with Crippen LogP contribution in [0.1, 0.15) is 17.4 Å². The fourth-order valence-electron chi connectivity index (χ4n) is 2.15. The van der Waals surface area contributed by atoms with Gasteiger partial charge in [0.05, 0.1) is 18.8 Å². The van der Waals surface area contributed by atoms with Gasteiger partial charge in [-0.2, -0.15) is 0 Å². The van der Waals surface area contributed by atoms with Crippen LogP contribution in [0.2, 0.25) is 0 Å². The highest BCUT2D eigenvalue weighted by molar-refractivity contribution is 8.00. The maximum absolute atomic E-state index is 12.3. The maximum Gasteiger partial charge on any atom is 0.239 e. The molecule has 24 heavy (non-hydrogen) atoms. The zero-order chi connectivity index (χ0) is 17.4. The summed E-state index contributed by atoms with van der Waals surface area (Å²) in [5.74, 6) is 0.199. The van der Waals surface area contributed by atoms with Gasteiger partial charge in [0, 0.05) is 16.3 Å². The zero-order valence-electron chi connectivity index (χ0n) is 14.0. The summed E-state index contributed by atoms with van der Waals surface area (Å²) >= 11 is 3.11. The van der Waals surface area contributed by atoms with Crippen LogP contribution >= 0.6 is 23.1 Å². The number of carbonyl (C=O) groups excluding carboxylic acids is 2. The summed E-state index contributed by atoms with van der Waals surface area (Å²) in [7, 11) is 0. The van der Waals surface area contributed by atoms with E-state index in [-0.39, 0.29) is 18.4 Å². The third kappa shape index (κ3) is 6.02. The minimum Gasteiger partial charge on any atom is -0.350 e. The standard InChI is InChI=1S/C18H22N2O2S2/c1-3-20(12-17(21)19-11-16-8-5-9-23-16)18(22)13-24-15-7-4-6-14(2)10-15/h4-10H,3,11-13H2,1-2H3,(H,19,21). The van der Waals surface area contributed by atoms with Gasteiger partial charge in [0.1, 0.15) is 0 Å². The van der Waals surface area contributed by atoms with Crippen molar-refractivity contribution < 1.29 is 9.59 Å². The van der Waals surface area contributed by atoms with Crippen LogP contribution in [0.5, 0.6) is 0 Å². The summed E-state index contributed by atoms with van der Waals surface area (Å²) in [4.78, 5) is 28.1. The number of nitrogens with one attached hydrogen (secondary N) is 1. The highest BCUT2D eigenvalue weighted by Gasteiger charge is 2.15. The Morgan fingerprint density at radius 3 is 2.75 bits per heavy atom. The first kappa shape index (κ1) is 18.5. The number of hydrogen-bond donors (Lipinski definition) is 1. The summed E-state index contributed by atoms with van der Waals surface area (Å²) in [6.45, 7) is 5.07. The van der Waals surface area contributed by atoms with Crippen molar-refractivity contribution in [2.75, 3.05) is 18.8 Å². The van der Waals surface area contributed by atoms with Crippen LogP contribution in [0.25, 0.3) is 0 Å². The number of amides is 2. The summed E-state index contributed by atoms with van der Waals surface area (Å²) in [5, 5.41) is 4.83. The molecule has 1 N–H and O–H groups in total. The molecule has 0 bridgehead atoms. The average Bonchev–Trinajstić information content (AvgIpc) is 3.09. The Labute approximate surface area is 151 Å². The lowest BCUT2D eigenvalue weighted by molar-refractivity contribution is -0.133. The van der Waals surface area contributed by atoms with Gasteiger partial charge in [-0.25, -0.2) is 0 Å². The molecule has 0 saturated carbocycles. The first-order chi connectivity index (χ1) is 11.6. The molecule has 2 aromatic rings. The lowest BCUT2D eigenvalue weighted by Gasteiger charge is -2.20. The summed E-state index contributed by atoms with van der Waals surface area (Å²) < 4.78 is 0. The monoisotopic (exact) mass is 362 g/mol. The lowest BCUT2D eigenvalue weighted by atomic mass is 10.2. The second-order valence-electron chi connectivity index (χ2n) is 5.37. The third-order valence-electron chi connectivity index (χ3n) is 3.46. The predicted octanol–water partition coefficient (Wildman–Crippen LogP) is 3.31. The normalized spacial score (nSPS) is 10.4. The maximum atomic E-state index is 12.3. The lowest BCUT2D eigenvalue weighted by Crippen LogP contribution is -2.41. The molecule has 0 aliphatic rings. The third-order valence-corrected chi connectivity index (χ3v) is 5.32. The number of rotatable bonds is 8. The van der Waals surface area contributed by atoms with Crippen LogP contribution in [0, 0.1) is 6.92 Å². The highest BCUT2D eigenvalue weighted by Crippen LogP contribution is 2.19. The largest absolute Gasteiger partial charge is 0.350 e. The zero-order valence-corrected chi connectivity index (χ0v) is 15.6. The van der Waals surface area contributed by atoms with Crippen LogP contribution in [-0.2, 0) is 16.1 Å². The van der Waals surface area contributed by atoms with Crippen molar-refractivity contribution in [3.05, 3.63) is 52.2 Å². The van der Waals surface area contributed by atoms with E-state index in [4.69, 9.17) is 0 Å². The molecule has 2 rings (SSSR count). The first-order valence-corrected chi connectivity index (χ1v) is 9.71. The molecule has 0 atom stereocenters. The van der Waals surface area contributed by atoms with E-state index in [1.807, 2.05) is 49.6 Å². The van der Waals surface area contributed by atoms with E-state index in [0.717, 1.165) is 9.77 Å². The predicted molar refractivity (Wildman–Crippen MR) is 100 cm³/mol. The Morgan fingerprint density at radius 2 is 2.08 bits per heavy atom. The molecular weight excluding hydrogens is 340 g/mol. The molecule has 0 unspecified atom stereocenters. The Bertz CT molecular complexity index is 671. The van der Waals surface area contributed by atoms with Crippen molar-refractivity contribution >= 4 is 34.9 Å². The Kier molecular flexibility index (Phi) is 7.34. The Balaban J connectivity index is 1.78. The second-order valence-corrected chi connectivity index (χ2v) is 7.45. The highest BCUT2D eigenvalue weighted by atomic mass is 32.2. The van der Waals surface area contributed by atoms with E-state index in [1.54, 1.807) is 16.2 Å². The quantitative estimate of drug-likeness (QED) is 0.733. The van der Waals surface area contributed by atoms with Crippen LogP contribution < -0.4 is 5.32 Å². The van der Waals surface area contributed by atoms with Gasteiger partial charge in [-0.1, -0.05) is 23.8 Å². The van der Waals surface area contributed by atoms with Crippen LogP contribution in [0.3, 0.4) is 0 Å². The van der Waals surface area contributed by atoms with E-state index < -0.39 is 0 Å². The molecule has 0 saturated heterocycles. The van der Waals surface area contributed by atoms with E-state index in [1.165, 1.54) is 17.3 Å². The van der Waals surface area contributed by atoms with Gasteiger partial charge < -0.3 is 10.2 Å². The van der Waals surface area contributed by atoms with Crippen LogP contribution in [-0.4, -0.2) is 35.6 Å². The number of aryl methyl sites for hydroxylation is 1. The van der Waals surface area contributed by atoms with Gasteiger partial charge in [0.15, 0.2) is 0 Å². The van der Waals surface area contributed by atoms with Gasteiger partial charge in [-0.3, -0.25) is 9.59 Å². The molecule has 0 radical (unpaired) electrons. The molecular formula is C18H22N2O2S2. The summed E-state index contributed by atoms with van der Waals surface area (Å²) in [6.07, 6.45) is 0. The molecule has 6 heteroatoms. The number of carbonyl (C=O) groups is 2. The fourth-order valence-corrected chi connectivity index (χ4v) is 3.71. The Morgan fingerprint density at radius 1 is 1.25 bits per heavy atom. The smallest absolute Gasteiger partial charge is 0.239 e. The molecule has 4 nitrogen and oxygen atoms in total. The van der Waals surface area contributed by atoms with Gasteiger partial charge >= 0.3 is 0 Å². The van der Waals surface area contributed by atoms with Crippen LogP contribution in [0.4, 0.5) is 0 Å². The molecule has 1 aromatic carbocycles. The number of hydrogen-bond acceptors (Lipinski definition) is 4. The van der Waals surface area contributed by atoms with Crippen molar-refractivity contribution in [3.63, 3.8) is 0 Å². The average molecular weight is 363 g/mol. The van der Waals surface area contributed by atoms with Crippen molar-refractivity contribution in [2.45, 2.75) is 25.3 Å². The minimum absolute atomic E-state index is 0.0183. The van der Waals surface area contributed by atoms with Gasteiger partial charge in [0.2, 0.25) is 11.8 Å². The van der Waals surface area contributed by atoms with E-state index in [2.05, 4.69) is 11.4 Å². The molecule has 0 aliphatic carbocycles. The summed E-state index contributed by atoms with van der Waals surface area (Å²) in [5.41, 5.74) is 1.17. The Hall–Kier alpha value is -1.79. The van der Waals surface area contributed by atoms with Crippen molar-refractivity contribution in [1.82, 2.24) is 10.2 Å². The number of thiophene rings is 1.